The topological polar surface area (TPSA) is 68.3 Å². The van der Waals surface area contributed by atoms with Gasteiger partial charge >= 0.3 is 5.97 Å². The molecule has 3 aromatic rings. The van der Waals surface area contributed by atoms with Crippen LogP contribution in [0.5, 0.6) is 0 Å². The van der Waals surface area contributed by atoms with Crippen LogP contribution in [0.3, 0.4) is 0 Å². The second kappa shape index (κ2) is 8.60. The van der Waals surface area contributed by atoms with Crippen molar-refractivity contribution >= 4 is 23.2 Å². The highest BCUT2D eigenvalue weighted by atomic mass is 32.1. The molecule has 0 unspecified atom stereocenters. The molecular formula is C21H20N2O3S. The Hall–Kier alpha value is -2.99. The molecule has 1 atom stereocenters. The Morgan fingerprint density at radius 1 is 1.11 bits per heavy atom. The molecule has 2 aromatic carbocycles. The third-order valence-corrected chi connectivity index (χ3v) is 4.91. The van der Waals surface area contributed by atoms with Crippen LogP contribution in [0.15, 0.2) is 60.0 Å². The van der Waals surface area contributed by atoms with Crippen molar-refractivity contribution < 1.29 is 14.3 Å². The summed E-state index contributed by atoms with van der Waals surface area (Å²) in [7, 11) is 0. The van der Waals surface area contributed by atoms with E-state index in [9.17, 15) is 9.59 Å². The number of hydrogen-bond acceptors (Lipinski definition) is 5. The van der Waals surface area contributed by atoms with Gasteiger partial charge in [0.05, 0.1) is 6.04 Å². The normalized spacial score (nSPS) is 11.6. The molecule has 6 heteroatoms. The van der Waals surface area contributed by atoms with E-state index in [0.717, 1.165) is 21.7 Å². The van der Waals surface area contributed by atoms with Gasteiger partial charge in [-0.15, -0.1) is 11.3 Å². The molecule has 0 radical (unpaired) electrons. The number of hydrogen-bond donors (Lipinski definition) is 1. The summed E-state index contributed by atoms with van der Waals surface area (Å²) in [5.74, 6) is -0.958. The lowest BCUT2D eigenvalue weighted by atomic mass is 10.1. The summed E-state index contributed by atoms with van der Waals surface area (Å²) in [6.45, 7) is 3.55. The van der Waals surface area contributed by atoms with Gasteiger partial charge in [-0.2, -0.15) is 0 Å². The zero-order valence-electron chi connectivity index (χ0n) is 15.1. The Balaban J connectivity index is 1.53. The Morgan fingerprint density at radius 2 is 1.81 bits per heavy atom. The van der Waals surface area contributed by atoms with Crippen molar-refractivity contribution in [3.8, 4) is 10.6 Å². The van der Waals surface area contributed by atoms with E-state index < -0.39 is 5.97 Å². The summed E-state index contributed by atoms with van der Waals surface area (Å²) in [5, 5.41) is 5.19. The molecule has 1 amide bonds. The molecule has 27 heavy (non-hydrogen) atoms. The molecule has 0 bridgehead atoms. The molecule has 138 valence electrons. The van der Waals surface area contributed by atoms with Crippen molar-refractivity contribution in [2.45, 2.75) is 19.9 Å². The first-order valence-electron chi connectivity index (χ1n) is 8.57. The molecule has 3 rings (SSSR count). The smallest absolute Gasteiger partial charge is 0.358 e. The highest BCUT2D eigenvalue weighted by molar-refractivity contribution is 7.13. The van der Waals surface area contributed by atoms with Crippen LogP contribution >= 0.6 is 11.3 Å². The molecule has 0 spiro atoms. The third kappa shape index (κ3) is 5.01. The van der Waals surface area contributed by atoms with Crippen LogP contribution in [0.1, 0.15) is 34.6 Å². The van der Waals surface area contributed by atoms with Crippen LogP contribution in [0, 0.1) is 6.92 Å². The number of nitrogens with one attached hydrogen (secondary N) is 1. The zero-order chi connectivity index (χ0) is 19.2. The van der Waals surface area contributed by atoms with Crippen molar-refractivity contribution in [3.05, 3.63) is 76.8 Å². The summed E-state index contributed by atoms with van der Waals surface area (Å²) in [4.78, 5) is 28.5. The highest BCUT2D eigenvalue weighted by Gasteiger charge is 2.16. The lowest BCUT2D eigenvalue weighted by Gasteiger charge is -2.14. The minimum Gasteiger partial charge on any atom is -0.451 e. The van der Waals surface area contributed by atoms with E-state index in [1.807, 2.05) is 68.4 Å². The predicted octanol–water partition coefficient (Wildman–Crippen LogP) is 4.15. The van der Waals surface area contributed by atoms with E-state index in [-0.39, 0.29) is 24.2 Å². The lowest BCUT2D eigenvalue weighted by Crippen LogP contribution is -2.31. The Labute approximate surface area is 162 Å². The van der Waals surface area contributed by atoms with E-state index >= 15 is 0 Å². The summed E-state index contributed by atoms with van der Waals surface area (Å²) in [6.07, 6.45) is 0. The molecule has 5 nitrogen and oxygen atoms in total. The van der Waals surface area contributed by atoms with Gasteiger partial charge in [-0.05, 0) is 19.4 Å². The predicted molar refractivity (Wildman–Crippen MR) is 106 cm³/mol. The van der Waals surface area contributed by atoms with Gasteiger partial charge in [-0.25, -0.2) is 9.78 Å². The number of ether oxygens (including phenoxy) is 1. The van der Waals surface area contributed by atoms with Gasteiger partial charge in [0.25, 0.3) is 5.91 Å². The second-order valence-corrected chi connectivity index (χ2v) is 7.04. The molecule has 0 fully saturated rings. The quantitative estimate of drug-likeness (QED) is 0.652. The van der Waals surface area contributed by atoms with Gasteiger partial charge in [0, 0.05) is 10.9 Å². The number of amides is 1. The molecule has 0 saturated carbocycles. The molecule has 0 aliphatic heterocycles. The average molecular weight is 380 g/mol. The second-order valence-electron chi connectivity index (χ2n) is 6.18. The molecule has 1 heterocycles. The summed E-state index contributed by atoms with van der Waals surface area (Å²) >= 11 is 1.37. The number of esters is 1. The van der Waals surface area contributed by atoms with Crippen LogP contribution in [0.4, 0.5) is 0 Å². The first-order chi connectivity index (χ1) is 13.0. The monoisotopic (exact) mass is 380 g/mol. The fraction of sp³-hybridized carbons (Fsp3) is 0.190. The Bertz CT molecular complexity index is 920. The van der Waals surface area contributed by atoms with E-state index in [2.05, 4.69) is 10.3 Å². The van der Waals surface area contributed by atoms with Crippen LogP contribution in [0.25, 0.3) is 10.6 Å². The number of carbonyl (C=O) groups excluding carboxylic acids is 2. The summed E-state index contributed by atoms with van der Waals surface area (Å²) < 4.78 is 5.09. The number of nitrogens with zero attached hydrogens (tertiary/aromatic N) is 1. The number of aromatic nitrogens is 1. The number of thiazole rings is 1. The molecule has 1 aromatic heterocycles. The zero-order valence-corrected chi connectivity index (χ0v) is 16.0. The first kappa shape index (κ1) is 18.8. The molecule has 0 aliphatic carbocycles. The maximum atomic E-state index is 12.1. The fourth-order valence-corrected chi connectivity index (χ4v) is 3.30. The molecular weight excluding hydrogens is 360 g/mol. The standard InChI is InChI=1S/C21H20N2O3S/c1-14-8-10-17(11-9-14)20-23-18(13-27-20)21(25)26-12-19(24)22-15(2)16-6-4-3-5-7-16/h3-11,13,15H,12H2,1-2H3,(H,22,24)/t15-/m1/s1. The maximum Gasteiger partial charge on any atom is 0.358 e. The van der Waals surface area contributed by atoms with Crippen LogP contribution in [-0.4, -0.2) is 23.5 Å². The van der Waals surface area contributed by atoms with Gasteiger partial charge < -0.3 is 10.1 Å². The summed E-state index contributed by atoms with van der Waals surface area (Å²) in [5.41, 5.74) is 3.30. The van der Waals surface area contributed by atoms with Crippen LogP contribution in [-0.2, 0) is 9.53 Å². The van der Waals surface area contributed by atoms with Crippen molar-refractivity contribution in [3.63, 3.8) is 0 Å². The van der Waals surface area contributed by atoms with Crippen molar-refractivity contribution in [2.75, 3.05) is 6.61 Å². The largest absolute Gasteiger partial charge is 0.451 e. The van der Waals surface area contributed by atoms with Gasteiger partial charge in [-0.3, -0.25) is 4.79 Å². The maximum absolute atomic E-state index is 12.1. The van der Waals surface area contributed by atoms with Crippen molar-refractivity contribution in [1.82, 2.24) is 10.3 Å². The SMILES string of the molecule is Cc1ccc(-c2nc(C(=O)OCC(=O)N[C@H](C)c3ccccc3)cs2)cc1. The third-order valence-electron chi connectivity index (χ3n) is 4.02. The minimum atomic E-state index is -0.605. The molecule has 0 saturated heterocycles. The number of rotatable bonds is 6. The van der Waals surface area contributed by atoms with Crippen molar-refractivity contribution in [1.29, 1.82) is 0 Å². The number of carbonyl (C=O) groups is 2. The van der Waals surface area contributed by atoms with E-state index in [1.54, 1.807) is 5.38 Å². The Morgan fingerprint density at radius 3 is 2.52 bits per heavy atom. The van der Waals surface area contributed by atoms with Gasteiger partial charge in [0.1, 0.15) is 5.01 Å². The molecule has 0 aliphatic rings. The van der Waals surface area contributed by atoms with Crippen LogP contribution in [0.2, 0.25) is 0 Å². The van der Waals surface area contributed by atoms with E-state index in [1.165, 1.54) is 11.3 Å². The fourth-order valence-electron chi connectivity index (χ4n) is 2.51. The van der Waals surface area contributed by atoms with Gasteiger partial charge in [0.2, 0.25) is 0 Å². The van der Waals surface area contributed by atoms with Crippen LogP contribution < -0.4 is 5.32 Å². The number of benzene rings is 2. The Kier molecular flexibility index (Phi) is 5.98. The van der Waals surface area contributed by atoms with Gasteiger partial charge in [0.15, 0.2) is 12.3 Å². The minimum absolute atomic E-state index is 0.162. The van der Waals surface area contributed by atoms with E-state index in [0.29, 0.717) is 0 Å². The van der Waals surface area contributed by atoms with Crippen molar-refractivity contribution in [2.24, 2.45) is 0 Å². The summed E-state index contributed by atoms with van der Waals surface area (Å²) in [6, 6.07) is 17.3. The lowest BCUT2D eigenvalue weighted by molar-refractivity contribution is -0.124. The highest BCUT2D eigenvalue weighted by Crippen LogP contribution is 2.24. The molecule has 1 N–H and O–H groups in total. The average Bonchev–Trinajstić information content (AvgIpc) is 3.17. The van der Waals surface area contributed by atoms with Gasteiger partial charge in [-0.1, -0.05) is 60.2 Å². The van der Waals surface area contributed by atoms with E-state index in [4.69, 9.17) is 4.74 Å². The first-order valence-corrected chi connectivity index (χ1v) is 9.45. The number of aryl methyl sites for hydroxylation is 1.